The summed E-state index contributed by atoms with van der Waals surface area (Å²) in [5.74, 6) is 0.0422. The van der Waals surface area contributed by atoms with E-state index in [2.05, 4.69) is 39.8 Å². The first-order valence-electron chi connectivity index (χ1n) is 10.6. The van der Waals surface area contributed by atoms with E-state index in [-0.39, 0.29) is 28.5 Å². The number of aliphatic hydroxyl groups excluding tert-OH is 2. The second-order valence-electron chi connectivity index (χ2n) is 9.68. The van der Waals surface area contributed by atoms with Crippen LogP contribution in [-0.2, 0) is 11.2 Å². The molecule has 162 valence electrons. The maximum Gasteiger partial charge on any atom is 0.328 e. The molecule has 0 radical (unpaired) electrons. The fourth-order valence-electron chi connectivity index (χ4n) is 5.35. The minimum atomic E-state index is -1.09. The van der Waals surface area contributed by atoms with Gasteiger partial charge in [-0.15, -0.1) is 0 Å². The van der Waals surface area contributed by atoms with Crippen LogP contribution in [-0.4, -0.2) is 63.0 Å². The van der Waals surface area contributed by atoms with E-state index in [9.17, 15) is 15.0 Å². The van der Waals surface area contributed by atoms with Crippen molar-refractivity contribution in [3.05, 3.63) is 71.8 Å². The third kappa shape index (κ3) is 3.60. The van der Waals surface area contributed by atoms with E-state index in [1.807, 2.05) is 55.6 Å². The minimum absolute atomic E-state index is 0.0422. The number of rotatable bonds is 6. The van der Waals surface area contributed by atoms with Crippen molar-refractivity contribution in [1.82, 2.24) is 4.90 Å². The lowest BCUT2D eigenvalue weighted by Gasteiger charge is -2.62. The molecule has 3 rings (SSSR count). The number of amides is 1. The van der Waals surface area contributed by atoms with Crippen molar-refractivity contribution in [2.24, 2.45) is 0 Å². The van der Waals surface area contributed by atoms with Gasteiger partial charge in [-0.05, 0) is 38.8 Å². The molecular formula is C25H35N2O3+. The van der Waals surface area contributed by atoms with Gasteiger partial charge in [0, 0.05) is 6.42 Å². The van der Waals surface area contributed by atoms with Crippen LogP contribution in [0.3, 0.4) is 0 Å². The maximum atomic E-state index is 13.7. The van der Waals surface area contributed by atoms with Gasteiger partial charge in [0.2, 0.25) is 0 Å². The van der Waals surface area contributed by atoms with Crippen LogP contribution in [0.2, 0.25) is 0 Å². The van der Waals surface area contributed by atoms with Gasteiger partial charge in [0.05, 0.1) is 19.7 Å². The van der Waals surface area contributed by atoms with Gasteiger partial charge >= 0.3 is 5.91 Å². The first-order chi connectivity index (χ1) is 14.1. The first-order valence-corrected chi connectivity index (χ1v) is 10.6. The number of likely N-dealkylation sites (N-methyl/N-ethyl adjacent to an activating group) is 1. The van der Waals surface area contributed by atoms with Crippen molar-refractivity contribution < 1.29 is 19.5 Å². The molecule has 1 aliphatic rings. The Morgan fingerprint density at radius 1 is 1.10 bits per heavy atom. The van der Waals surface area contributed by atoms with Crippen LogP contribution in [0.1, 0.15) is 44.9 Å². The van der Waals surface area contributed by atoms with Gasteiger partial charge in [-0.2, -0.15) is 0 Å². The predicted octanol–water partition coefficient (Wildman–Crippen LogP) is 3.13. The number of benzene rings is 2. The van der Waals surface area contributed by atoms with Crippen LogP contribution in [0.25, 0.3) is 0 Å². The SMILES string of the molecule is CC(C)(Cc1ccccc1)[N+]1(C)C(=O)CN(C(O)CO)C(c2ccccc2)C1(C)C. The Morgan fingerprint density at radius 2 is 1.63 bits per heavy atom. The zero-order valence-electron chi connectivity index (χ0n) is 18.7. The normalized spacial score (nSPS) is 25.8. The largest absolute Gasteiger partial charge is 0.392 e. The summed E-state index contributed by atoms with van der Waals surface area (Å²) >= 11 is 0. The van der Waals surface area contributed by atoms with Gasteiger partial charge in [0.15, 0.2) is 0 Å². The van der Waals surface area contributed by atoms with E-state index in [1.54, 1.807) is 4.90 Å². The van der Waals surface area contributed by atoms with Crippen molar-refractivity contribution in [2.45, 2.75) is 57.5 Å². The highest BCUT2D eigenvalue weighted by Crippen LogP contribution is 2.49. The number of nitrogens with zero attached hydrogens (tertiary/aromatic N) is 2. The zero-order chi connectivity index (χ0) is 22.2. The molecule has 0 spiro atoms. The van der Waals surface area contributed by atoms with Crippen LogP contribution < -0.4 is 0 Å². The van der Waals surface area contributed by atoms with E-state index in [0.29, 0.717) is 0 Å². The first kappa shape index (κ1) is 22.6. The molecule has 1 heterocycles. The topological polar surface area (TPSA) is 60.8 Å². The molecule has 1 saturated heterocycles. The van der Waals surface area contributed by atoms with Crippen LogP contribution >= 0.6 is 0 Å². The summed E-state index contributed by atoms with van der Waals surface area (Å²) in [4.78, 5) is 15.5. The van der Waals surface area contributed by atoms with E-state index in [4.69, 9.17) is 0 Å². The highest BCUT2D eigenvalue weighted by Gasteiger charge is 2.64. The van der Waals surface area contributed by atoms with Gasteiger partial charge in [0.25, 0.3) is 0 Å². The van der Waals surface area contributed by atoms with Gasteiger partial charge in [-0.1, -0.05) is 60.7 Å². The van der Waals surface area contributed by atoms with Crippen LogP contribution in [0.15, 0.2) is 60.7 Å². The van der Waals surface area contributed by atoms with E-state index < -0.39 is 18.4 Å². The number of piperazine rings is 1. The Labute approximate surface area is 180 Å². The third-order valence-electron chi connectivity index (χ3n) is 7.32. The second-order valence-corrected chi connectivity index (χ2v) is 9.68. The van der Waals surface area contributed by atoms with E-state index in [1.165, 1.54) is 5.56 Å². The summed E-state index contributed by atoms with van der Waals surface area (Å²) < 4.78 is 0.225. The number of carbonyl (C=O) groups is 1. The molecule has 2 aromatic carbocycles. The van der Waals surface area contributed by atoms with E-state index in [0.717, 1.165) is 12.0 Å². The van der Waals surface area contributed by atoms with E-state index >= 15 is 0 Å². The highest BCUT2D eigenvalue weighted by atomic mass is 16.3. The molecule has 0 aromatic heterocycles. The van der Waals surface area contributed by atoms with Gasteiger partial charge in [0.1, 0.15) is 23.9 Å². The second kappa shape index (κ2) is 8.23. The Bertz CT molecular complexity index is 866. The summed E-state index contributed by atoms with van der Waals surface area (Å²) in [6.45, 7) is 8.18. The number of aliphatic hydroxyl groups is 2. The Morgan fingerprint density at radius 3 is 2.17 bits per heavy atom. The standard InChI is InChI=1S/C25H35N2O3/c1-24(2,16-19-12-8-6-9-13-19)27(5)22(30)17-26(21(29)18-28)23(25(27,3)4)20-14-10-7-11-15-20/h6-15,21,23,28-29H,16-18H2,1-5H3/q+1. The van der Waals surface area contributed by atoms with Crippen LogP contribution in [0.5, 0.6) is 0 Å². The van der Waals surface area contributed by atoms with Gasteiger partial charge in [-0.25, -0.2) is 4.79 Å². The third-order valence-corrected chi connectivity index (χ3v) is 7.32. The van der Waals surface area contributed by atoms with Crippen molar-refractivity contribution in [1.29, 1.82) is 0 Å². The summed E-state index contributed by atoms with van der Waals surface area (Å²) in [5, 5.41) is 20.3. The average Bonchev–Trinajstić information content (AvgIpc) is 2.72. The number of hydrogen-bond donors (Lipinski definition) is 2. The van der Waals surface area contributed by atoms with Gasteiger partial charge in [-0.3, -0.25) is 9.38 Å². The molecule has 1 aliphatic heterocycles. The summed E-state index contributed by atoms with van der Waals surface area (Å²) in [6, 6.07) is 20.0. The van der Waals surface area contributed by atoms with Gasteiger partial charge < -0.3 is 10.2 Å². The fourth-order valence-corrected chi connectivity index (χ4v) is 5.35. The molecule has 0 bridgehead atoms. The predicted molar refractivity (Wildman–Crippen MR) is 118 cm³/mol. The molecule has 5 heteroatoms. The smallest absolute Gasteiger partial charge is 0.328 e. The molecule has 1 amide bonds. The minimum Gasteiger partial charge on any atom is -0.392 e. The lowest BCUT2D eigenvalue weighted by molar-refractivity contribution is -0.938. The number of hydrogen-bond acceptors (Lipinski definition) is 4. The lowest BCUT2D eigenvalue weighted by Crippen LogP contribution is -2.80. The maximum absolute atomic E-state index is 13.7. The van der Waals surface area contributed by atoms with Crippen molar-refractivity contribution in [2.75, 3.05) is 20.2 Å². The average molecular weight is 412 g/mol. The highest BCUT2D eigenvalue weighted by molar-refractivity contribution is 5.73. The zero-order valence-corrected chi connectivity index (χ0v) is 18.7. The fraction of sp³-hybridized carbons (Fsp3) is 0.480. The molecular weight excluding hydrogens is 376 g/mol. The molecule has 3 atom stereocenters. The van der Waals surface area contributed by atoms with Crippen molar-refractivity contribution in [3.63, 3.8) is 0 Å². The molecule has 1 fully saturated rings. The number of quaternary nitrogens is 1. The molecule has 2 aromatic rings. The van der Waals surface area contributed by atoms with Crippen molar-refractivity contribution in [3.8, 4) is 0 Å². The molecule has 2 N–H and O–H groups in total. The summed E-state index contributed by atoms with van der Waals surface area (Å²) in [6.07, 6.45) is -0.340. The summed E-state index contributed by atoms with van der Waals surface area (Å²) in [5.41, 5.74) is 1.28. The Hall–Kier alpha value is -2.05. The van der Waals surface area contributed by atoms with Crippen molar-refractivity contribution >= 4 is 5.91 Å². The lowest BCUT2D eigenvalue weighted by atomic mass is 9.75. The van der Waals surface area contributed by atoms with Crippen LogP contribution in [0.4, 0.5) is 0 Å². The monoisotopic (exact) mass is 411 g/mol. The molecule has 0 aliphatic carbocycles. The molecule has 3 unspecified atom stereocenters. The molecule has 0 saturated carbocycles. The molecule has 5 nitrogen and oxygen atoms in total. The quantitative estimate of drug-likeness (QED) is 0.717. The Kier molecular flexibility index (Phi) is 6.21. The molecule has 30 heavy (non-hydrogen) atoms. The van der Waals surface area contributed by atoms with Crippen LogP contribution in [0, 0.1) is 0 Å². The summed E-state index contributed by atoms with van der Waals surface area (Å²) in [7, 11) is 2.03. The Balaban J connectivity index is 2.12. The number of carbonyl (C=O) groups excluding carboxylic acids is 1.